The lowest BCUT2D eigenvalue weighted by atomic mass is 10.4. The molecule has 72 valence electrons. The molecule has 0 radical (unpaired) electrons. The van der Waals surface area contributed by atoms with Gasteiger partial charge in [-0.15, -0.1) is 0 Å². The molecule has 0 N–H and O–H groups in total. The number of aromatic nitrogens is 4. The zero-order valence-corrected chi connectivity index (χ0v) is 8.65. The van der Waals surface area contributed by atoms with E-state index < -0.39 is 0 Å². The number of halogens is 1. The van der Waals surface area contributed by atoms with Crippen LogP contribution in [0.2, 0.25) is 5.02 Å². The highest BCUT2D eigenvalue weighted by molar-refractivity contribution is 6.30. The van der Waals surface area contributed by atoms with Crippen molar-refractivity contribution in [3.8, 4) is 5.95 Å². The van der Waals surface area contributed by atoms with Gasteiger partial charge in [-0.1, -0.05) is 11.6 Å². The van der Waals surface area contributed by atoms with Gasteiger partial charge in [-0.05, 0) is 19.9 Å². The molecule has 2 aromatic heterocycles. The van der Waals surface area contributed by atoms with Crippen LogP contribution < -0.4 is 0 Å². The maximum absolute atomic E-state index is 5.69. The Morgan fingerprint density at radius 1 is 1.21 bits per heavy atom. The summed E-state index contributed by atoms with van der Waals surface area (Å²) in [6, 6.07) is 1.97. The molecule has 2 heterocycles. The van der Waals surface area contributed by atoms with Gasteiger partial charge in [0.05, 0.1) is 23.1 Å². The minimum absolute atomic E-state index is 0.523. The summed E-state index contributed by atoms with van der Waals surface area (Å²) in [7, 11) is 0. The van der Waals surface area contributed by atoms with Gasteiger partial charge >= 0.3 is 0 Å². The first-order valence-corrected chi connectivity index (χ1v) is 4.56. The van der Waals surface area contributed by atoms with E-state index in [1.165, 1.54) is 0 Å². The molecular formula is C9H9ClN4. The summed E-state index contributed by atoms with van der Waals surface area (Å²) in [5.41, 5.74) is 1.95. The van der Waals surface area contributed by atoms with Crippen molar-refractivity contribution in [2.45, 2.75) is 13.8 Å². The van der Waals surface area contributed by atoms with Gasteiger partial charge in [0.1, 0.15) is 0 Å². The van der Waals surface area contributed by atoms with Crippen molar-refractivity contribution < 1.29 is 0 Å². The van der Waals surface area contributed by atoms with E-state index >= 15 is 0 Å². The Labute approximate surface area is 86.6 Å². The third-order valence-corrected chi connectivity index (χ3v) is 2.00. The smallest absolute Gasteiger partial charge is 0.218 e. The second kappa shape index (κ2) is 3.38. The topological polar surface area (TPSA) is 43.6 Å². The fourth-order valence-corrected chi connectivity index (χ4v) is 1.34. The maximum Gasteiger partial charge on any atom is 0.250 e. The molecule has 2 aromatic rings. The first kappa shape index (κ1) is 9.15. The molecular weight excluding hydrogens is 200 g/mol. The van der Waals surface area contributed by atoms with Gasteiger partial charge in [-0.2, -0.15) is 5.10 Å². The summed E-state index contributed by atoms with van der Waals surface area (Å²) in [5, 5.41) is 4.78. The molecule has 2 rings (SSSR count). The number of aryl methyl sites for hydroxylation is 2. The summed E-state index contributed by atoms with van der Waals surface area (Å²) in [4.78, 5) is 8.16. The molecule has 0 bridgehead atoms. The minimum atomic E-state index is 0.523. The molecule has 0 atom stereocenters. The molecule has 0 aliphatic rings. The van der Waals surface area contributed by atoms with Gasteiger partial charge in [-0.25, -0.2) is 14.6 Å². The number of hydrogen-bond donors (Lipinski definition) is 0. The first-order chi connectivity index (χ1) is 6.66. The second-order valence-electron chi connectivity index (χ2n) is 3.04. The molecule has 0 aliphatic carbocycles. The quantitative estimate of drug-likeness (QED) is 0.719. The molecule has 4 nitrogen and oxygen atoms in total. The van der Waals surface area contributed by atoms with Crippen LogP contribution in [0, 0.1) is 13.8 Å². The van der Waals surface area contributed by atoms with Crippen molar-refractivity contribution in [3.63, 3.8) is 0 Å². The van der Waals surface area contributed by atoms with Crippen LogP contribution in [-0.2, 0) is 0 Å². The standard InChI is InChI=1S/C9H9ClN4/c1-6-3-7(2)14(13-6)9-11-4-8(10)5-12-9/h3-5H,1-2H3. The Hall–Kier alpha value is -1.42. The van der Waals surface area contributed by atoms with Crippen LogP contribution >= 0.6 is 11.6 Å². The highest BCUT2D eigenvalue weighted by Gasteiger charge is 2.05. The van der Waals surface area contributed by atoms with Crippen molar-refractivity contribution in [1.29, 1.82) is 0 Å². The predicted molar refractivity (Wildman–Crippen MR) is 53.6 cm³/mol. The van der Waals surface area contributed by atoms with Gasteiger partial charge in [0.25, 0.3) is 5.95 Å². The second-order valence-corrected chi connectivity index (χ2v) is 3.48. The number of nitrogens with zero attached hydrogens (tertiary/aromatic N) is 4. The highest BCUT2D eigenvalue weighted by Crippen LogP contribution is 2.09. The van der Waals surface area contributed by atoms with Crippen LogP contribution in [0.3, 0.4) is 0 Å². The Kier molecular flexibility index (Phi) is 2.21. The largest absolute Gasteiger partial charge is 0.250 e. The molecule has 0 fully saturated rings. The minimum Gasteiger partial charge on any atom is -0.218 e. The van der Waals surface area contributed by atoms with Gasteiger partial charge in [-0.3, -0.25) is 0 Å². The molecule has 0 spiro atoms. The van der Waals surface area contributed by atoms with E-state index in [0.717, 1.165) is 11.4 Å². The van der Waals surface area contributed by atoms with Crippen molar-refractivity contribution in [1.82, 2.24) is 19.7 Å². The lowest BCUT2D eigenvalue weighted by molar-refractivity contribution is 0.774. The molecule has 0 amide bonds. The molecule has 0 saturated heterocycles. The van der Waals surface area contributed by atoms with Crippen LogP contribution in [0.5, 0.6) is 0 Å². The van der Waals surface area contributed by atoms with E-state index in [9.17, 15) is 0 Å². The molecule has 14 heavy (non-hydrogen) atoms. The Bertz CT molecular complexity index is 446. The zero-order valence-electron chi connectivity index (χ0n) is 7.90. The summed E-state index contributed by atoms with van der Waals surface area (Å²) < 4.78 is 1.69. The third-order valence-electron chi connectivity index (χ3n) is 1.81. The maximum atomic E-state index is 5.69. The average Bonchev–Trinajstić information content (AvgIpc) is 2.47. The summed E-state index contributed by atoms with van der Waals surface area (Å²) in [6.07, 6.45) is 3.11. The van der Waals surface area contributed by atoms with Crippen molar-refractivity contribution >= 4 is 11.6 Å². The lowest BCUT2D eigenvalue weighted by Gasteiger charge is -2.00. The van der Waals surface area contributed by atoms with Gasteiger partial charge in [0, 0.05) is 5.69 Å². The monoisotopic (exact) mass is 208 g/mol. The Morgan fingerprint density at radius 3 is 2.36 bits per heavy atom. The van der Waals surface area contributed by atoms with Gasteiger partial charge in [0.2, 0.25) is 0 Å². The first-order valence-electron chi connectivity index (χ1n) is 4.18. The fourth-order valence-electron chi connectivity index (χ4n) is 1.25. The Balaban J connectivity index is 2.49. The van der Waals surface area contributed by atoms with Crippen LogP contribution in [0.4, 0.5) is 0 Å². The molecule has 0 aliphatic heterocycles. The van der Waals surface area contributed by atoms with Gasteiger partial charge in [0.15, 0.2) is 0 Å². The van der Waals surface area contributed by atoms with Crippen LogP contribution in [-0.4, -0.2) is 19.7 Å². The molecule has 5 heteroatoms. The fraction of sp³-hybridized carbons (Fsp3) is 0.222. The summed E-state index contributed by atoms with van der Waals surface area (Å²) >= 11 is 5.69. The number of rotatable bonds is 1. The van der Waals surface area contributed by atoms with E-state index in [2.05, 4.69) is 15.1 Å². The normalized spacial score (nSPS) is 10.5. The lowest BCUT2D eigenvalue weighted by Crippen LogP contribution is -2.03. The number of hydrogen-bond acceptors (Lipinski definition) is 3. The van der Waals surface area contributed by atoms with Crippen LogP contribution in [0.1, 0.15) is 11.4 Å². The van der Waals surface area contributed by atoms with E-state index in [-0.39, 0.29) is 0 Å². The SMILES string of the molecule is Cc1cc(C)n(-c2ncc(Cl)cn2)n1. The zero-order chi connectivity index (χ0) is 10.1. The van der Waals surface area contributed by atoms with Gasteiger partial charge < -0.3 is 0 Å². The van der Waals surface area contributed by atoms with Crippen molar-refractivity contribution in [3.05, 3.63) is 34.9 Å². The Morgan fingerprint density at radius 2 is 1.86 bits per heavy atom. The molecule has 0 unspecified atom stereocenters. The summed E-state index contributed by atoms with van der Waals surface area (Å²) in [6.45, 7) is 3.89. The van der Waals surface area contributed by atoms with Crippen LogP contribution in [0.15, 0.2) is 18.5 Å². The predicted octanol–water partition coefficient (Wildman–Crippen LogP) is 1.93. The van der Waals surface area contributed by atoms with E-state index in [1.54, 1.807) is 17.1 Å². The van der Waals surface area contributed by atoms with E-state index in [4.69, 9.17) is 11.6 Å². The highest BCUT2D eigenvalue weighted by atomic mass is 35.5. The molecule has 0 saturated carbocycles. The molecule has 0 aromatic carbocycles. The third kappa shape index (κ3) is 1.61. The van der Waals surface area contributed by atoms with Crippen LogP contribution in [0.25, 0.3) is 5.95 Å². The van der Waals surface area contributed by atoms with Crippen molar-refractivity contribution in [2.24, 2.45) is 0 Å². The van der Waals surface area contributed by atoms with E-state index in [1.807, 2.05) is 19.9 Å². The summed E-state index contributed by atoms with van der Waals surface area (Å²) in [5.74, 6) is 0.542. The van der Waals surface area contributed by atoms with E-state index in [0.29, 0.717) is 11.0 Å². The van der Waals surface area contributed by atoms with Crippen molar-refractivity contribution in [2.75, 3.05) is 0 Å². The average molecular weight is 209 g/mol.